The predicted octanol–water partition coefficient (Wildman–Crippen LogP) is 3.12. The van der Waals surface area contributed by atoms with E-state index in [0.29, 0.717) is 12.8 Å². The summed E-state index contributed by atoms with van der Waals surface area (Å²) in [6.45, 7) is 4.01. The number of nitrogens with zero attached hydrogens (tertiary/aromatic N) is 1. The average molecular weight is 275 g/mol. The molecule has 0 amide bonds. The number of aryl methyl sites for hydroxylation is 2. The molecule has 0 radical (unpaired) electrons. The largest absolute Gasteiger partial charge is 0.497 e. The first-order valence-electron chi connectivity index (χ1n) is 6.16. The third kappa shape index (κ3) is 3.64. The van der Waals surface area contributed by atoms with Crippen molar-refractivity contribution < 1.29 is 9.53 Å². The van der Waals surface area contributed by atoms with Crippen LogP contribution in [0.15, 0.2) is 24.3 Å². The Morgan fingerprint density at radius 3 is 2.42 bits per heavy atom. The van der Waals surface area contributed by atoms with Crippen LogP contribution in [0.1, 0.15) is 21.1 Å². The SMILES string of the molecule is COc1ccc(CC(=O)Cc2nc(C)c(C)s2)cc1. The fraction of sp³-hybridized carbons (Fsp3) is 0.333. The minimum atomic E-state index is 0.193. The second-order valence-corrected chi connectivity index (χ2v) is 5.78. The molecule has 100 valence electrons. The van der Waals surface area contributed by atoms with Crippen LogP contribution < -0.4 is 4.74 Å². The van der Waals surface area contributed by atoms with Gasteiger partial charge in [-0.1, -0.05) is 12.1 Å². The van der Waals surface area contributed by atoms with Crippen molar-refractivity contribution in [3.05, 3.63) is 45.4 Å². The molecule has 0 unspecified atom stereocenters. The molecule has 0 spiro atoms. The van der Waals surface area contributed by atoms with Gasteiger partial charge in [0.15, 0.2) is 0 Å². The number of hydrogen-bond acceptors (Lipinski definition) is 4. The molecule has 1 aromatic carbocycles. The summed E-state index contributed by atoms with van der Waals surface area (Å²) in [5.41, 5.74) is 2.04. The lowest BCUT2D eigenvalue weighted by Crippen LogP contribution is -2.06. The smallest absolute Gasteiger partial charge is 0.144 e. The fourth-order valence-electron chi connectivity index (χ4n) is 1.82. The second-order valence-electron chi connectivity index (χ2n) is 4.49. The molecule has 19 heavy (non-hydrogen) atoms. The molecule has 0 saturated heterocycles. The van der Waals surface area contributed by atoms with Gasteiger partial charge in [-0.2, -0.15) is 0 Å². The van der Waals surface area contributed by atoms with Crippen LogP contribution in [0.4, 0.5) is 0 Å². The van der Waals surface area contributed by atoms with Crippen molar-refractivity contribution in [2.24, 2.45) is 0 Å². The van der Waals surface area contributed by atoms with E-state index < -0.39 is 0 Å². The molecule has 2 rings (SSSR count). The van der Waals surface area contributed by atoms with Crippen molar-refractivity contribution in [3.8, 4) is 5.75 Å². The molecular formula is C15H17NO2S. The lowest BCUT2D eigenvalue weighted by atomic mass is 10.1. The number of benzene rings is 1. The highest BCUT2D eigenvalue weighted by Gasteiger charge is 2.10. The molecule has 0 saturated carbocycles. The number of hydrogen-bond donors (Lipinski definition) is 0. The number of rotatable bonds is 5. The summed E-state index contributed by atoms with van der Waals surface area (Å²) in [6.07, 6.45) is 0.868. The van der Waals surface area contributed by atoms with E-state index in [1.807, 2.05) is 38.1 Å². The predicted molar refractivity (Wildman–Crippen MR) is 77.0 cm³/mol. The lowest BCUT2D eigenvalue weighted by molar-refractivity contribution is -0.117. The van der Waals surface area contributed by atoms with Gasteiger partial charge in [-0.25, -0.2) is 4.98 Å². The first kappa shape index (κ1) is 13.7. The molecule has 0 N–H and O–H groups in total. The molecular weight excluding hydrogens is 258 g/mol. The van der Waals surface area contributed by atoms with Gasteiger partial charge < -0.3 is 4.74 Å². The van der Waals surface area contributed by atoms with Gasteiger partial charge in [-0.05, 0) is 31.5 Å². The zero-order valence-corrected chi connectivity index (χ0v) is 12.2. The molecule has 2 aromatic rings. The van der Waals surface area contributed by atoms with Crippen molar-refractivity contribution in [2.45, 2.75) is 26.7 Å². The fourth-order valence-corrected chi connectivity index (χ4v) is 2.78. The van der Waals surface area contributed by atoms with Gasteiger partial charge in [0, 0.05) is 11.3 Å². The van der Waals surface area contributed by atoms with Crippen molar-refractivity contribution in [1.29, 1.82) is 0 Å². The zero-order chi connectivity index (χ0) is 13.8. The normalized spacial score (nSPS) is 10.5. The summed E-state index contributed by atoms with van der Waals surface area (Å²) < 4.78 is 5.09. The lowest BCUT2D eigenvalue weighted by Gasteiger charge is -2.02. The Morgan fingerprint density at radius 2 is 1.89 bits per heavy atom. The van der Waals surface area contributed by atoms with Crippen LogP contribution in [0.25, 0.3) is 0 Å². The van der Waals surface area contributed by atoms with Gasteiger partial charge in [0.2, 0.25) is 0 Å². The van der Waals surface area contributed by atoms with Gasteiger partial charge in [-0.15, -0.1) is 11.3 Å². The molecule has 4 heteroatoms. The Morgan fingerprint density at radius 1 is 1.21 bits per heavy atom. The van der Waals surface area contributed by atoms with E-state index in [9.17, 15) is 4.79 Å². The van der Waals surface area contributed by atoms with Crippen LogP contribution in [0.3, 0.4) is 0 Å². The average Bonchev–Trinajstić information content (AvgIpc) is 2.69. The molecule has 0 aliphatic rings. The monoisotopic (exact) mass is 275 g/mol. The quantitative estimate of drug-likeness (QED) is 0.841. The van der Waals surface area contributed by atoms with Gasteiger partial charge in [-0.3, -0.25) is 4.79 Å². The molecule has 3 nitrogen and oxygen atoms in total. The van der Waals surface area contributed by atoms with Crippen molar-refractivity contribution in [3.63, 3.8) is 0 Å². The number of ketones is 1. The second kappa shape index (κ2) is 5.97. The summed E-state index contributed by atoms with van der Waals surface area (Å²) in [4.78, 5) is 17.6. The molecule has 0 bridgehead atoms. The Bertz CT molecular complexity index is 553. The van der Waals surface area contributed by atoms with E-state index in [1.54, 1.807) is 18.4 Å². The standard InChI is InChI=1S/C15H17NO2S/c1-10-11(2)19-15(16-10)9-13(17)8-12-4-6-14(18-3)7-5-12/h4-7H,8-9H2,1-3H3. The number of thiazole rings is 1. The van der Waals surface area contributed by atoms with Crippen LogP contribution in [0.2, 0.25) is 0 Å². The first-order valence-corrected chi connectivity index (χ1v) is 6.97. The van der Waals surface area contributed by atoms with Gasteiger partial charge in [0.1, 0.15) is 16.5 Å². The number of Topliss-reactive ketones (excluding diaryl/α,β-unsaturated/α-hetero) is 1. The summed E-state index contributed by atoms with van der Waals surface area (Å²) in [5.74, 6) is 1.00. The highest BCUT2D eigenvalue weighted by Crippen LogP contribution is 2.18. The maximum Gasteiger partial charge on any atom is 0.144 e. The molecule has 1 aromatic heterocycles. The summed E-state index contributed by atoms with van der Waals surface area (Å²) in [5, 5.41) is 0.911. The van der Waals surface area contributed by atoms with Gasteiger partial charge in [0.05, 0.1) is 19.2 Å². The maximum absolute atomic E-state index is 12.0. The highest BCUT2D eigenvalue weighted by molar-refractivity contribution is 7.11. The van der Waals surface area contributed by atoms with Gasteiger partial charge in [0.25, 0.3) is 0 Å². The summed E-state index contributed by atoms with van der Waals surface area (Å²) >= 11 is 1.61. The van der Waals surface area contributed by atoms with Crippen molar-refractivity contribution in [2.75, 3.05) is 7.11 Å². The Balaban J connectivity index is 1.96. The number of ether oxygens (including phenoxy) is 1. The molecule has 0 aliphatic heterocycles. The van der Waals surface area contributed by atoms with Crippen LogP contribution in [0, 0.1) is 13.8 Å². The van der Waals surface area contributed by atoms with E-state index in [1.165, 1.54) is 4.88 Å². The van der Waals surface area contributed by atoms with E-state index in [2.05, 4.69) is 4.98 Å². The third-order valence-corrected chi connectivity index (χ3v) is 4.05. The number of methoxy groups -OCH3 is 1. The first-order chi connectivity index (χ1) is 9.08. The highest BCUT2D eigenvalue weighted by atomic mass is 32.1. The molecule has 1 heterocycles. The van der Waals surface area contributed by atoms with Crippen LogP contribution in [0.5, 0.6) is 5.75 Å². The Hall–Kier alpha value is -1.68. The zero-order valence-electron chi connectivity index (χ0n) is 11.4. The Labute approximate surface area is 117 Å². The van der Waals surface area contributed by atoms with Crippen LogP contribution in [-0.4, -0.2) is 17.9 Å². The van der Waals surface area contributed by atoms with E-state index in [-0.39, 0.29) is 5.78 Å². The van der Waals surface area contributed by atoms with Crippen LogP contribution >= 0.6 is 11.3 Å². The van der Waals surface area contributed by atoms with E-state index >= 15 is 0 Å². The minimum absolute atomic E-state index is 0.193. The topological polar surface area (TPSA) is 39.2 Å². The summed E-state index contributed by atoms with van der Waals surface area (Å²) in [7, 11) is 1.63. The molecule has 0 atom stereocenters. The van der Waals surface area contributed by atoms with Crippen molar-refractivity contribution in [1.82, 2.24) is 4.98 Å². The van der Waals surface area contributed by atoms with Crippen LogP contribution in [-0.2, 0) is 17.6 Å². The third-order valence-electron chi connectivity index (χ3n) is 2.98. The number of aromatic nitrogens is 1. The molecule has 0 aliphatic carbocycles. The Kier molecular flexibility index (Phi) is 4.32. The molecule has 0 fully saturated rings. The number of carbonyl (C=O) groups is 1. The minimum Gasteiger partial charge on any atom is -0.497 e. The van der Waals surface area contributed by atoms with E-state index in [0.717, 1.165) is 22.0 Å². The summed E-state index contributed by atoms with van der Waals surface area (Å²) in [6, 6.07) is 7.60. The number of carbonyl (C=O) groups excluding carboxylic acids is 1. The van der Waals surface area contributed by atoms with Crippen molar-refractivity contribution >= 4 is 17.1 Å². The van der Waals surface area contributed by atoms with Gasteiger partial charge >= 0.3 is 0 Å². The maximum atomic E-state index is 12.0. The van der Waals surface area contributed by atoms with E-state index in [4.69, 9.17) is 4.74 Å².